The molecule has 1 aliphatic carbocycles. The first-order valence-corrected chi connectivity index (χ1v) is 9.93. The minimum atomic E-state index is -0.767. The number of rotatable bonds is 13. The van der Waals surface area contributed by atoms with Gasteiger partial charge in [0.05, 0.1) is 24.4 Å². The third kappa shape index (κ3) is 9.12. The number of unbranched alkanes of at least 4 members (excludes halogenated alkanes) is 3. The van der Waals surface area contributed by atoms with E-state index in [0.717, 1.165) is 32.1 Å². The van der Waals surface area contributed by atoms with Gasteiger partial charge in [0.2, 0.25) is 0 Å². The Morgan fingerprint density at radius 2 is 1.73 bits per heavy atom. The highest BCUT2D eigenvalue weighted by molar-refractivity contribution is 5.66. The van der Waals surface area contributed by atoms with Gasteiger partial charge < -0.3 is 25.5 Å². The zero-order valence-corrected chi connectivity index (χ0v) is 15.8. The highest BCUT2D eigenvalue weighted by Crippen LogP contribution is 2.37. The van der Waals surface area contributed by atoms with Crippen LogP contribution < -0.4 is 0 Å². The number of carboxylic acids is 1. The molecule has 0 aromatic carbocycles. The fourth-order valence-electron chi connectivity index (χ4n) is 3.76. The molecule has 1 aliphatic rings. The van der Waals surface area contributed by atoms with Gasteiger partial charge in [-0.05, 0) is 44.9 Å². The summed E-state index contributed by atoms with van der Waals surface area (Å²) in [6.45, 7) is 1.73. The lowest BCUT2D eigenvalue weighted by molar-refractivity contribution is -0.137. The van der Waals surface area contributed by atoms with E-state index < -0.39 is 24.3 Å². The molecule has 152 valence electrons. The zero-order valence-electron chi connectivity index (χ0n) is 15.8. The average molecular weight is 373 g/mol. The topological polar surface area (TPSA) is 118 Å². The van der Waals surface area contributed by atoms with Gasteiger partial charge in [0.1, 0.15) is 0 Å². The summed E-state index contributed by atoms with van der Waals surface area (Å²) in [6.07, 6.45) is 8.10. The molecule has 1 rings (SSSR count). The lowest BCUT2D eigenvalue weighted by Crippen LogP contribution is -2.21. The van der Waals surface area contributed by atoms with E-state index >= 15 is 0 Å². The maximum atomic E-state index is 10.5. The van der Waals surface area contributed by atoms with Gasteiger partial charge in [-0.2, -0.15) is 0 Å². The Morgan fingerprint density at radius 3 is 2.38 bits per heavy atom. The maximum Gasteiger partial charge on any atom is 0.303 e. The van der Waals surface area contributed by atoms with Crippen molar-refractivity contribution in [1.29, 1.82) is 0 Å². The Balaban J connectivity index is 2.38. The molecule has 1 unspecified atom stereocenters. The number of aliphatic hydroxyl groups is 4. The Labute approximate surface area is 156 Å². The van der Waals surface area contributed by atoms with E-state index in [4.69, 9.17) is 5.11 Å². The van der Waals surface area contributed by atoms with Crippen LogP contribution >= 0.6 is 0 Å². The van der Waals surface area contributed by atoms with Crippen molar-refractivity contribution < 1.29 is 30.3 Å². The van der Waals surface area contributed by atoms with Gasteiger partial charge in [-0.25, -0.2) is 0 Å². The first-order valence-electron chi connectivity index (χ1n) is 9.93. The second-order valence-electron chi connectivity index (χ2n) is 7.69. The van der Waals surface area contributed by atoms with Crippen LogP contribution in [0.25, 0.3) is 0 Å². The molecule has 1 fully saturated rings. The van der Waals surface area contributed by atoms with Crippen molar-refractivity contribution in [1.82, 2.24) is 0 Å². The second kappa shape index (κ2) is 12.4. The van der Waals surface area contributed by atoms with E-state index in [1.54, 1.807) is 13.0 Å². The SMILES string of the molecule is CC(O)CCC[C@H](O)/C=C/[C@@H]1[C@@H](CCCCCCC(=O)O)[C@@H](O)C[C@H]1O. The molecule has 6 heteroatoms. The molecule has 0 spiro atoms. The van der Waals surface area contributed by atoms with Gasteiger partial charge >= 0.3 is 5.97 Å². The summed E-state index contributed by atoms with van der Waals surface area (Å²) in [7, 11) is 0. The van der Waals surface area contributed by atoms with Crippen molar-refractivity contribution in [2.45, 2.75) is 95.5 Å². The molecule has 1 saturated carbocycles. The monoisotopic (exact) mass is 372 g/mol. The van der Waals surface area contributed by atoms with Gasteiger partial charge in [-0.15, -0.1) is 0 Å². The number of hydrogen-bond donors (Lipinski definition) is 5. The van der Waals surface area contributed by atoms with Crippen molar-refractivity contribution in [2.24, 2.45) is 11.8 Å². The number of carbonyl (C=O) groups is 1. The van der Waals surface area contributed by atoms with E-state index in [1.807, 2.05) is 6.08 Å². The Hall–Kier alpha value is -0.950. The molecule has 0 aliphatic heterocycles. The summed E-state index contributed by atoms with van der Waals surface area (Å²) >= 11 is 0. The van der Waals surface area contributed by atoms with Crippen molar-refractivity contribution >= 4 is 5.97 Å². The van der Waals surface area contributed by atoms with Crippen LogP contribution in [-0.4, -0.2) is 55.9 Å². The Morgan fingerprint density at radius 1 is 1.04 bits per heavy atom. The first kappa shape index (κ1) is 23.1. The van der Waals surface area contributed by atoms with E-state index in [2.05, 4.69) is 0 Å². The Kier molecular flexibility index (Phi) is 11.0. The van der Waals surface area contributed by atoms with Crippen molar-refractivity contribution in [2.75, 3.05) is 0 Å². The van der Waals surface area contributed by atoms with E-state index in [9.17, 15) is 25.2 Å². The molecular weight excluding hydrogens is 336 g/mol. The van der Waals surface area contributed by atoms with Crippen LogP contribution in [-0.2, 0) is 4.79 Å². The van der Waals surface area contributed by atoms with Gasteiger partial charge in [0.25, 0.3) is 0 Å². The minimum Gasteiger partial charge on any atom is -0.481 e. The molecule has 0 aromatic rings. The van der Waals surface area contributed by atoms with Crippen molar-refractivity contribution in [3.05, 3.63) is 12.2 Å². The van der Waals surface area contributed by atoms with Crippen LogP contribution in [0.4, 0.5) is 0 Å². The molecule has 0 amide bonds. The quantitative estimate of drug-likeness (QED) is 0.250. The number of hydrogen-bond acceptors (Lipinski definition) is 5. The lowest BCUT2D eigenvalue weighted by atomic mass is 9.88. The number of aliphatic hydroxyl groups excluding tert-OH is 4. The summed E-state index contributed by atoms with van der Waals surface area (Å²) in [5.74, 6) is -0.947. The summed E-state index contributed by atoms with van der Waals surface area (Å²) < 4.78 is 0. The minimum absolute atomic E-state index is 0.0228. The van der Waals surface area contributed by atoms with E-state index in [0.29, 0.717) is 25.7 Å². The summed E-state index contributed by atoms with van der Waals surface area (Å²) in [6, 6.07) is 0. The molecule has 6 atom stereocenters. The highest BCUT2D eigenvalue weighted by Gasteiger charge is 2.39. The predicted octanol–water partition coefficient (Wildman–Crippen LogP) is 2.24. The van der Waals surface area contributed by atoms with Crippen LogP contribution in [0.1, 0.15) is 71.1 Å². The van der Waals surface area contributed by atoms with Gasteiger partial charge in [-0.1, -0.05) is 31.4 Å². The molecule has 0 radical (unpaired) electrons. The van der Waals surface area contributed by atoms with Crippen LogP contribution in [0.3, 0.4) is 0 Å². The smallest absolute Gasteiger partial charge is 0.303 e. The average Bonchev–Trinajstić information content (AvgIpc) is 2.81. The fraction of sp³-hybridized carbons (Fsp3) is 0.850. The van der Waals surface area contributed by atoms with Crippen molar-refractivity contribution in [3.8, 4) is 0 Å². The summed E-state index contributed by atoms with van der Waals surface area (Å²) in [4.78, 5) is 10.5. The van der Waals surface area contributed by atoms with E-state index in [-0.39, 0.29) is 24.4 Å². The molecule has 5 N–H and O–H groups in total. The van der Waals surface area contributed by atoms with E-state index in [1.165, 1.54) is 0 Å². The molecular formula is C20H36O6. The molecule has 0 aromatic heterocycles. The summed E-state index contributed by atoms with van der Waals surface area (Å²) in [5.41, 5.74) is 0. The fourth-order valence-corrected chi connectivity index (χ4v) is 3.76. The zero-order chi connectivity index (χ0) is 19.5. The van der Waals surface area contributed by atoms with Gasteiger partial charge in [0.15, 0.2) is 0 Å². The molecule has 0 saturated heterocycles. The largest absolute Gasteiger partial charge is 0.481 e. The third-order valence-electron chi connectivity index (χ3n) is 5.27. The normalized spacial score (nSPS) is 28.5. The van der Waals surface area contributed by atoms with Crippen LogP contribution in [0.15, 0.2) is 12.2 Å². The molecule has 0 heterocycles. The van der Waals surface area contributed by atoms with Crippen LogP contribution in [0, 0.1) is 11.8 Å². The standard InChI is InChI=1S/C20H36O6/c1-14(21)7-6-8-15(22)11-12-17-16(18(23)13-19(17)24)9-4-2-3-5-10-20(25)26/h11-12,14-19,21-24H,2-10,13H2,1H3,(H,25,26)/b12-11+/t14?,15-,16+,17+,18-,19+/m0/s1. The molecule has 6 nitrogen and oxygen atoms in total. The third-order valence-corrected chi connectivity index (χ3v) is 5.27. The molecule has 26 heavy (non-hydrogen) atoms. The number of carboxylic acid groups (broad SMARTS) is 1. The highest BCUT2D eigenvalue weighted by atomic mass is 16.4. The Bertz CT molecular complexity index is 423. The maximum absolute atomic E-state index is 10.5. The van der Waals surface area contributed by atoms with Crippen LogP contribution in [0.2, 0.25) is 0 Å². The predicted molar refractivity (Wildman–Crippen MR) is 99.6 cm³/mol. The first-order chi connectivity index (χ1) is 12.3. The van der Waals surface area contributed by atoms with Gasteiger partial charge in [0, 0.05) is 18.8 Å². The van der Waals surface area contributed by atoms with Gasteiger partial charge in [-0.3, -0.25) is 4.79 Å². The number of aliphatic carboxylic acids is 1. The van der Waals surface area contributed by atoms with Crippen molar-refractivity contribution in [3.63, 3.8) is 0 Å². The second-order valence-corrected chi connectivity index (χ2v) is 7.69. The van der Waals surface area contributed by atoms with Crippen LogP contribution in [0.5, 0.6) is 0 Å². The summed E-state index contributed by atoms with van der Waals surface area (Å²) in [5, 5.41) is 48.3. The lowest BCUT2D eigenvalue weighted by Gasteiger charge is -2.21. The molecule has 0 bridgehead atoms.